The van der Waals surface area contributed by atoms with Crippen LogP contribution in [-0.4, -0.2) is 50.8 Å². The number of hydrogen-bond donors (Lipinski definition) is 1. The Morgan fingerprint density at radius 3 is 2.30 bits per heavy atom. The van der Waals surface area contributed by atoms with E-state index in [1.165, 1.54) is 29.8 Å². The quantitative estimate of drug-likeness (QED) is 0.872. The number of benzene rings is 2. The zero-order chi connectivity index (χ0) is 19.2. The third-order valence-electron chi connectivity index (χ3n) is 5.75. The van der Waals surface area contributed by atoms with Crippen LogP contribution in [0.15, 0.2) is 59.5 Å². The first-order chi connectivity index (χ1) is 12.8. The molecule has 2 fully saturated rings. The third kappa shape index (κ3) is 3.38. The summed E-state index contributed by atoms with van der Waals surface area (Å²) in [5.41, 5.74) is 1.78. The fourth-order valence-electron chi connectivity index (χ4n) is 4.55. The summed E-state index contributed by atoms with van der Waals surface area (Å²) in [6, 6.07) is 16.6. The number of carbonyl (C=O) groups is 1. The summed E-state index contributed by atoms with van der Waals surface area (Å²) < 4.78 is 22.8. The Kier molecular flexibility index (Phi) is 4.53. The summed E-state index contributed by atoms with van der Waals surface area (Å²) in [4.78, 5) is 17.2. The van der Waals surface area contributed by atoms with Gasteiger partial charge in [-0.05, 0) is 42.8 Å². The number of amides is 1. The number of rotatable bonds is 3. The number of primary sulfonamides is 1. The lowest BCUT2D eigenvalue weighted by Crippen LogP contribution is -2.33. The van der Waals surface area contributed by atoms with Crippen LogP contribution >= 0.6 is 0 Å². The molecule has 2 aromatic carbocycles. The van der Waals surface area contributed by atoms with E-state index in [4.69, 9.17) is 5.14 Å². The summed E-state index contributed by atoms with van der Waals surface area (Å²) in [6.07, 6.45) is 0. The average molecular weight is 385 g/mol. The van der Waals surface area contributed by atoms with Gasteiger partial charge in [-0.25, -0.2) is 13.6 Å². The average Bonchev–Trinajstić information content (AvgIpc) is 3.17. The Morgan fingerprint density at radius 2 is 1.67 bits per heavy atom. The normalized spacial score (nSPS) is 25.6. The van der Waals surface area contributed by atoms with E-state index in [2.05, 4.69) is 36.2 Å². The van der Waals surface area contributed by atoms with Crippen LogP contribution in [0.4, 0.5) is 0 Å². The van der Waals surface area contributed by atoms with Gasteiger partial charge in [0.2, 0.25) is 10.0 Å². The van der Waals surface area contributed by atoms with Crippen molar-refractivity contribution in [1.82, 2.24) is 9.80 Å². The van der Waals surface area contributed by atoms with Crippen LogP contribution in [0.3, 0.4) is 0 Å². The minimum atomic E-state index is -3.75. The van der Waals surface area contributed by atoms with Crippen LogP contribution in [0.2, 0.25) is 0 Å². The second kappa shape index (κ2) is 6.74. The van der Waals surface area contributed by atoms with Crippen LogP contribution in [0.1, 0.15) is 22.0 Å². The van der Waals surface area contributed by atoms with E-state index >= 15 is 0 Å². The molecule has 2 N–H and O–H groups in total. The lowest BCUT2D eigenvalue weighted by atomic mass is 9.90. The minimum Gasteiger partial charge on any atom is -0.338 e. The molecule has 2 aliphatic heterocycles. The van der Waals surface area contributed by atoms with E-state index in [0.717, 1.165) is 13.1 Å². The largest absolute Gasteiger partial charge is 0.338 e. The number of likely N-dealkylation sites (tertiary alicyclic amines) is 2. The van der Waals surface area contributed by atoms with Gasteiger partial charge in [0.15, 0.2) is 0 Å². The maximum atomic E-state index is 12.9. The van der Waals surface area contributed by atoms with Gasteiger partial charge < -0.3 is 4.90 Å². The fraction of sp³-hybridized carbons (Fsp3) is 0.350. The standard InChI is InChI=1S/C20H23N3O3S/c1-22-11-16-12-23(13-18(16)19(22)14-5-3-2-4-6-14)20(24)15-7-9-17(10-8-15)27(21,25)26/h2-10,16,18-19H,11-13H2,1H3,(H2,21,25,26)/t16-,18+,19-/m0/s1. The molecule has 27 heavy (non-hydrogen) atoms. The molecule has 1 amide bonds. The van der Waals surface area contributed by atoms with Crippen molar-refractivity contribution in [2.75, 3.05) is 26.7 Å². The number of nitrogens with two attached hydrogens (primary N) is 1. The summed E-state index contributed by atoms with van der Waals surface area (Å²) >= 11 is 0. The van der Waals surface area contributed by atoms with Gasteiger partial charge in [-0.15, -0.1) is 0 Å². The Balaban J connectivity index is 1.52. The maximum Gasteiger partial charge on any atom is 0.253 e. The summed E-state index contributed by atoms with van der Waals surface area (Å²) in [7, 11) is -1.60. The Labute approximate surface area is 159 Å². The highest BCUT2D eigenvalue weighted by Crippen LogP contribution is 2.44. The Bertz CT molecular complexity index is 944. The molecule has 142 valence electrons. The summed E-state index contributed by atoms with van der Waals surface area (Å²) in [5.74, 6) is 0.803. The molecule has 7 heteroatoms. The molecular weight excluding hydrogens is 362 g/mol. The Hall–Kier alpha value is -2.22. The van der Waals surface area contributed by atoms with Crippen LogP contribution in [-0.2, 0) is 10.0 Å². The van der Waals surface area contributed by atoms with E-state index < -0.39 is 10.0 Å². The molecule has 2 saturated heterocycles. The van der Waals surface area contributed by atoms with Crippen LogP contribution in [0, 0.1) is 11.8 Å². The number of sulfonamides is 1. The van der Waals surface area contributed by atoms with Gasteiger partial charge in [-0.1, -0.05) is 30.3 Å². The van der Waals surface area contributed by atoms with Crippen LogP contribution in [0.25, 0.3) is 0 Å². The SMILES string of the molecule is CN1C[C@H]2CN(C(=O)c3ccc(S(N)(=O)=O)cc3)C[C@H]2[C@@H]1c1ccccc1. The molecule has 0 spiro atoms. The van der Waals surface area contributed by atoms with Gasteiger partial charge >= 0.3 is 0 Å². The first-order valence-electron chi connectivity index (χ1n) is 9.02. The van der Waals surface area contributed by atoms with Gasteiger partial charge in [-0.3, -0.25) is 9.69 Å². The molecule has 2 aliphatic rings. The maximum absolute atomic E-state index is 12.9. The number of nitrogens with zero attached hydrogens (tertiary/aromatic N) is 2. The second-order valence-electron chi connectivity index (χ2n) is 7.50. The minimum absolute atomic E-state index is 0.0168. The predicted octanol–water partition coefficient (Wildman–Crippen LogP) is 1.71. The lowest BCUT2D eigenvalue weighted by Gasteiger charge is -2.27. The van der Waals surface area contributed by atoms with E-state index in [-0.39, 0.29) is 10.8 Å². The first-order valence-corrected chi connectivity index (χ1v) is 10.6. The fourth-order valence-corrected chi connectivity index (χ4v) is 5.06. The van der Waals surface area contributed by atoms with Crippen molar-refractivity contribution in [1.29, 1.82) is 0 Å². The molecular formula is C20H23N3O3S. The van der Waals surface area contributed by atoms with Crippen LogP contribution in [0.5, 0.6) is 0 Å². The summed E-state index contributed by atoms with van der Waals surface area (Å²) in [5, 5.41) is 5.12. The Morgan fingerprint density at radius 1 is 1.00 bits per heavy atom. The molecule has 3 atom stereocenters. The molecule has 0 aliphatic carbocycles. The van der Waals surface area contributed by atoms with E-state index in [9.17, 15) is 13.2 Å². The third-order valence-corrected chi connectivity index (χ3v) is 6.68. The molecule has 0 radical (unpaired) electrons. The van der Waals surface area contributed by atoms with Crippen molar-refractivity contribution in [3.8, 4) is 0 Å². The van der Waals surface area contributed by atoms with E-state index in [1.807, 2.05) is 11.0 Å². The molecule has 2 heterocycles. The highest BCUT2D eigenvalue weighted by atomic mass is 32.2. The van der Waals surface area contributed by atoms with Gasteiger partial charge in [0.1, 0.15) is 0 Å². The zero-order valence-corrected chi connectivity index (χ0v) is 16.0. The first kappa shape index (κ1) is 18.2. The zero-order valence-electron chi connectivity index (χ0n) is 15.2. The molecule has 0 aromatic heterocycles. The van der Waals surface area contributed by atoms with Crippen LogP contribution < -0.4 is 5.14 Å². The highest BCUT2D eigenvalue weighted by Gasteiger charge is 2.47. The van der Waals surface area contributed by atoms with Crippen molar-refractivity contribution in [3.63, 3.8) is 0 Å². The number of fused-ring (bicyclic) bond motifs is 1. The molecule has 4 rings (SSSR count). The van der Waals surface area contributed by atoms with Gasteiger partial charge in [0, 0.05) is 37.2 Å². The van der Waals surface area contributed by atoms with Crippen molar-refractivity contribution in [2.45, 2.75) is 10.9 Å². The van der Waals surface area contributed by atoms with Gasteiger partial charge in [0.05, 0.1) is 4.90 Å². The lowest BCUT2D eigenvalue weighted by molar-refractivity contribution is 0.0767. The molecule has 0 unspecified atom stereocenters. The van der Waals surface area contributed by atoms with Crippen molar-refractivity contribution < 1.29 is 13.2 Å². The van der Waals surface area contributed by atoms with Crippen molar-refractivity contribution in [2.24, 2.45) is 17.0 Å². The smallest absolute Gasteiger partial charge is 0.253 e. The van der Waals surface area contributed by atoms with Crippen molar-refractivity contribution >= 4 is 15.9 Å². The van der Waals surface area contributed by atoms with Gasteiger partial charge in [-0.2, -0.15) is 0 Å². The molecule has 2 aromatic rings. The topological polar surface area (TPSA) is 83.7 Å². The molecule has 0 bridgehead atoms. The molecule has 6 nitrogen and oxygen atoms in total. The van der Waals surface area contributed by atoms with E-state index in [0.29, 0.717) is 30.0 Å². The highest BCUT2D eigenvalue weighted by molar-refractivity contribution is 7.89. The number of hydrogen-bond acceptors (Lipinski definition) is 4. The summed E-state index contributed by atoms with van der Waals surface area (Å²) in [6.45, 7) is 2.41. The molecule has 0 saturated carbocycles. The monoisotopic (exact) mass is 385 g/mol. The predicted molar refractivity (Wildman–Crippen MR) is 103 cm³/mol. The van der Waals surface area contributed by atoms with E-state index in [1.54, 1.807) is 0 Å². The van der Waals surface area contributed by atoms with Crippen molar-refractivity contribution in [3.05, 3.63) is 65.7 Å². The van der Waals surface area contributed by atoms with Gasteiger partial charge in [0.25, 0.3) is 5.91 Å². The number of carbonyl (C=O) groups excluding carboxylic acids is 1. The second-order valence-corrected chi connectivity index (χ2v) is 9.06.